The zero-order chi connectivity index (χ0) is 12.3. The smallest absolute Gasteiger partial charge is 0.333 e. The monoisotopic (exact) mass is 233 g/mol. The van der Waals surface area contributed by atoms with E-state index in [1.54, 1.807) is 6.92 Å². The number of benzene rings is 1. The summed E-state index contributed by atoms with van der Waals surface area (Å²) in [7, 11) is 0. The molecule has 0 aliphatic rings. The highest BCUT2D eigenvalue weighted by molar-refractivity contribution is 5.80. The number of aromatic amines is 1. The number of aromatic nitrogens is 1. The largest absolute Gasteiger partial charge is 0.479 e. The van der Waals surface area contributed by atoms with Crippen molar-refractivity contribution < 1.29 is 14.6 Å². The number of fused-ring (bicyclic) bond motifs is 1. The van der Waals surface area contributed by atoms with Crippen molar-refractivity contribution in [2.45, 2.75) is 19.4 Å². The summed E-state index contributed by atoms with van der Waals surface area (Å²) in [5.41, 5.74) is 2.02. The Hall–Kier alpha value is -1.81. The zero-order valence-corrected chi connectivity index (χ0v) is 9.64. The maximum absolute atomic E-state index is 11.0. The van der Waals surface area contributed by atoms with Crippen molar-refractivity contribution in [3.05, 3.63) is 36.0 Å². The Morgan fingerprint density at radius 1 is 1.47 bits per heavy atom. The average molecular weight is 233 g/mol. The number of hydrogen-bond donors (Lipinski definition) is 2. The highest BCUT2D eigenvalue weighted by Crippen LogP contribution is 2.16. The molecule has 0 saturated heterocycles. The summed E-state index contributed by atoms with van der Waals surface area (Å²) in [6.07, 6.45) is 1.49. The normalized spacial score (nSPS) is 12.8. The van der Waals surface area contributed by atoms with Crippen LogP contribution in [0.15, 0.2) is 30.5 Å². The molecule has 0 saturated carbocycles. The number of nitrogens with one attached hydrogen (secondary N) is 1. The molecular weight excluding hydrogens is 218 g/mol. The molecule has 0 amide bonds. The van der Waals surface area contributed by atoms with Gasteiger partial charge >= 0.3 is 5.97 Å². The molecule has 0 radical (unpaired) electrons. The molecule has 0 fully saturated rings. The molecule has 2 rings (SSSR count). The maximum atomic E-state index is 11.0. The number of carbonyl (C=O) groups is 1. The van der Waals surface area contributed by atoms with Gasteiger partial charge in [0.05, 0.1) is 0 Å². The fraction of sp³-hybridized carbons (Fsp3) is 0.308. The van der Waals surface area contributed by atoms with E-state index >= 15 is 0 Å². The molecule has 2 N–H and O–H groups in total. The second-order valence-electron chi connectivity index (χ2n) is 3.89. The summed E-state index contributed by atoms with van der Waals surface area (Å²) < 4.78 is 5.19. The predicted molar refractivity (Wildman–Crippen MR) is 65.1 cm³/mol. The van der Waals surface area contributed by atoms with Crippen LogP contribution >= 0.6 is 0 Å². The molecule has 0 aliphatic heterocycles. The first kappa shape index (κ1) is 11.7. The van der Waals surface area contributed by atoms with Crippen LogP contribution in [0.25, 0.3) is 10.9 Å². The summed E-state index contributed by atoms with van der Waals surface area (Å²) >= 11 is 0. The Morgan fingerprint density at radius 3 is 3.00 bits per heavy atom. The van der Waals surface area contributed by atoms with Crippen LogP contribution < -0.4 is 0 Å². The van der Waals surface area contributed by atoms with Crippen LogP contribution in [0.3, 0.4) is 0 Å². The van der Waals surface area contributed by atoms with E-state index in [1.165, 1.54) is 0 Å². The molecule has 0 bridgehead atoms. The zero-order valence-electron chi connectivity index (χ0n) is 9.64. The molecule has 4 heteroatoms. The van der Waals surface area contributed by atoms with E-state index in [9.17, 15) is 4.79 Å². The van der Waals surface area contributed by atoms with E-state index in [2.05, 4.69) is 4.98 Å². The first-order chi connectivity index (χ1) is 8.20. The predicted octanol–water partition coefficient (Wildman–Crippen LogP) is 2.20. The van der Waals surface area contributed by atoms with Crippen molar-refractivity contribution in [2.75, 3.05) is 6.61 Å². The van der Waals surface area contributed by atoms with E-state index in [0.717, 1.165) is 16.5 Å². The first-order valence-electron chi connectivity index (χ1n) is 5.61. The van der Waals surface area contributed by atoms with Crippen molar-refractivity contribution in [3.8, 4) is 0 Å². The van der Waals surface area contributed by atoms with Crippen molar-refractivity contribution in [1.29, 1.82) is 0 Å². The number of H-pyrrole nitrogens is 1. The number of ether oxygens (including phenoxy) is 1. The van der Waals surface area contributed by atoms with Crippen molar-refractivity contribution in [3.63, 3.8) is 0 Å². The van der Waals surface area contributed by atoms with Crippen molar-refractivity contribution >= 4 is 16.9 Å². The van der Waals surface area contributed by atoms with Crippen LogP contribution in [0, 0.1) is 0 Å². The van der Waals surface area contributed by atoms with E-state index < -0.39 is 12.1 Å². The van der Waals surface area contributed by atoms with Crippen LogP contribution in [0.5, 0.6) is 0 Å². The molecule has 1 aromatic carbocycles. The quantitative estimate of drug-likeness (QED) is 0.832. The van der Waals surface area contributed by atoms with Crippen molar-refractivity contribution in [1.82, 2.24) is 4.98 Å². The minimum absolute atomic E-state index is 0.393. The van der Waals surface area contributed by atoms with Crippen LogP contribution in [-0.4, -0.2) is 28.8 Å². The van der Waals surface area contributed by atoms with Crippen LogP contribution in [0.4, 0.5) is 0 Å². The van der Waals surface area contributed by atoms with Gasteiger partial charge in [0.1, 0.15) is 0 Å². The maximum Gasteiger partial charge on any atom is 0.333 e. The second kappa shape index (κ2) is 5.01. The minimum Gasteiger partial charge on any atom is -0.479 e. The Kier molecular flexibility index (Phi) is 3.44. The van der Waals surface area contributed by atoms with Crippen LogP contribution in [-0.2, 0) is 16.0 Å². The Bertz CT molecular complexity index is 518. The molecule has 1 atom stereocenters. The number of carboxylic acid groups (broad SMARTS) is 1. The summed E-state index contributed by atoms with van der Waals surface area (Å²) in [4.78, 5) is 14.1. The van der Waals surface area contributed by atoms with Gasteiger partial charge in [-0.3, -0.25) is 0 Å². The first-order valence-corrected chi connectivity index (χ1v) is 5.61. The molecule has 90 valence electrons. The average Bonchev–Trinajstić information content (AvgIpc) is 2.75. The van der Waals surface area contributed by atoms with E-state index in [-0.39, 0.29) is 0 Å². The lowest BCUT2D eigenvalue weighted by atomic mass is 10.1. The molecule has 17 heavy (non-hydrogen) atoms. The second-order valence-corrected chi connectivity index (χ2v) is 3.89. The number of rotatable bonds is 5. The van der Waals surface area contributed by atoms with Gasteiger partial charge in [0.2, 0.25) is 0 Å². The van der Waals surface area contributed by atoms with Gasteiger partial charge in [-0.05, 0) is 36.1 Å². The molecular formula is C13H15NO3. The number of aliphatic carboxylic acids is 1. The lowest BCUT2D eigenvalue weighted by molar-refractivity contribution is -0.149. The Labute approximate surface area is 99.2 Å². The third-order valence-corrected chi connectivity index (χ3v) is 2.68. The lowest BCUT2D eigenvalue weighted by Gasteiger charge is -2.12. The summed E-state index contributed by atoms with van der Waals surface area (Å²) in [5, 5.41) is 10.1. The van der Waals surface area contributed by atoms with E-state index in [4.69, 9.17) is 9.84 Å². The van der Waals surface area contributed by atoms with Gasteiger partial charge < -0.3 is 14.8 Å². The van der Waals surface area contributed by atoms with Gasteiger partial charge in [-0.25, -0.2) is 4.79 Å². The summed E-state index contributed by atoms with van der Waals surface area (Å²) in [6, 6.07) is 7.83. The van der Waals surface area contributed by atoms with E-state index in [0.29, 0.717) is 13.0 Å². The summed E-state index contributed by atoms with van der Waals surface area (Å²) in [5.74, 6) is -0.916. The SMILES string of the molecule is CCOC(Cc1ccc2[nH]ccc2c1)C(=O)O. The van der Waals surface area contributed by atoms with Crippen LogP contribution in [0.1, 0.15) is 12.5 Å². The highest BCUT2D eigenvalue weighted by Gasteiger charge is 2.17. The van der Waals surface area contributed by atoms with E-state index in [1.807, 2.05) is 30.5 Å². The molecule has 4 nitrogen and oxygen atoms in total. The topological polar surface area (TPSA) is 62.3 Å². The molecule has 0 aliphatic carbocycles. The molecule has 2 aromatic rings. The summed E-state index contributed by atoms with van der Waals surface area (Å²) in [6.45, 7) is 2.20. The van der Waals surface area contributed by atoms with Gasteiger partial charge in [-0.1, -0.05) is 6.07 Å². The van der Waals surface area contributed by atoms with Gasteiger partial charge in [0.15, 0.2) is 6.10 Å². The number of hydrogen-bond acceptors (Lipinski definition) is 2. The minimum atomic E-state index is -0.916. The molecule has 1 aromatic heterocycles. The fourth-order valence-corrected chi connectivity index (χ4v) is 1.86. The number of carboxylic acids is 1. The van der Waals surface area contributed by atoms with Crippen LogP contribution in [0.2, 0.25) is 0 Å². The van der Waals surface area contributed by atoms with Gasteiger partial charge in [-0.15, -0.1) is 0 Å². The van der Waals surface area contributed by atoms with Crippen molar-refractivity contribution in [2.24, 2.45) is 0 Å². The molecule has 0 spiro atoms. The van der Waals surface area contributed by atoms with Gasteiger partial charge in [0, 0.05) is 24.7 Å². The molecule has 1 heterocycles. The fourth-order valence-electron chi connectivity index (χ4n) is 1.86. The Balaban J connectivity index is 2.18. The third-order valence-electron chi connectivity index (χ3n) is 2.68. The molecule has 1 unspecified atom stereocenters. The standard InChI is InChI=1S/C13H15NO3/c1-2-17-12(13(15)16)8-9-3-4-11-10(7-9)5-6-14-11/h3-7,12,14H,2,8H2,1H3,(H,15,16). The van der Waals surface area contributed by atoms with Gasteiger partial charge in [-0.2, -0.15) is 0 Å². The highest BCUT2D eigenvalue weighted by atomic mass is 16.5. The van der Waals surface area contributed by atoms with Gasteiger partial charge in [0.25, 0.3) is 0 Å². The third kappa shape index (κ3) is 2.65. The lowest BCUT2D eigenvalue weighted by Crippen LogP contribution is -2.26. The Morgan fingerprint density at radius 2 is 2.29 bits per heavy atom.